The number of rotatable bonds is 3. The lowest BCUT2D eigenvalue weighted by atomic mass is 10.2. The van der Waals surface area contributed by atoms with Crippen LogP contribution in [0.15, 0.2) is 12.1 Å². The highest BCUT2D eigenvalue weighted by molar-refractivity contribution is 6.32. The van der Waals surface area contributed by atoms with Crippen molar-refractivity contribution < 1.29 is 4.74 Å². The summed E-state index contributed by atoms with van der Waals surface area (Å²) in [6, 6.07) is 3.43. The summed E-state index contributed by atoms with van der Waals surface area (Å²) < 4.78 is 5.29. The van der Waals surface area contributed by atoms with Gasteiger partial charge in [0, 0.05) is 11.6 Å². The molecule has 1 aromatic rings. The van der Waals surface area contributed by atoms with Gasteiger partial charge in [-0.05, 0) is 24.6 Å². The van der Waals surface area contributed by atoms with Crippen LogP contribution in [-0.4, -0.2) is 6.61 Å². The lowest BCUT2D eigenvalue weighted by molar-refractivity contribution is 0.340. The van der Waals surface area contributed by atoms with Crippen LogP contribution in [0.25, 0.3) is 0 Å². The van der Waals surface area contributed by atoms with E-state index >= 15 is 0 Å². The number of ether oxygens (including phenoxy) is 1. The monoisotopic (exact) mass is 219 g/mol. The van der Waals surface area contributed by atoms with Gasteiger partial charge in [0.1, 0.15) is 5.75 Å². The quantitative estimate of drug-likeness (QED) is 0.627. The molecular weight excluding hydrogens is 209 g/mol. The first-order chi connectivity index (χ1) is 6.19. The molecule has 0 amide bonds. The van der Waals surface area contributed by atoms with Crippen molar-refractivity contribution in [2.45, 2.75) is 12.8 Å². The van der Waals surface area contributed by atoms with E-state index in [4.69, 9.17) is 33.7 Å². The molecule has 0 unspecified atom stereocenters. The van der Waals surface area contributed by atoms with Crippen LogP contribution in [0, 0.1) is 0 Å². The van der Waals surface area contributed by atoms with E-state index in [2.05, 4.69) is 0 Å². The first-order valence-electron chi connectivity index (χ1n) is 3.95. The van der Waals surface area contributed by atoms with E-state index in [1.807, 2.05) is 6.92 Å². The molecule has 0 heterocycles. The molecule has 0 atom stereocenters. The minimum Gasteiger partial charge on any atom is -0.492 e. The summed E-state index contributed by atoms with van der Waals surface area (Å²) in [6.07, 6.45) is 0. The maximum atomic E-state index is 5.89. The Morgan fingerprint density at radius 3 is 2.69 bits per heavy atom. The molecule has 0 aliphatic rings. The third-order valence-electron chi connectivity index (χ3n) is 1.64. The Hall–Kier alpha value is -0.600. The van der Waals surface area contributed by atoms with Gasteiger partial charge in [0.05, 0.1) is 11.6 Å². The van der Waals surface area contributed by atoms with Crippen molar-refractivity contribution in [3.63, 3.8) is 0 Å². The molecule has 4 heteroatoms. The van der Waals surface area contributed by atoms with Crippen LogP contribution in [0.2, 0.25) is 5.02 Å². The third kappa shape index (κ3) is 2.42. The van der Waals surface area contributed by atoms with Crippen LogP contribution in [-0.2, 0) is 5.88 Å². The molecule has 1 rings (SSSR count). The Kier molecular flexibility index (Phi) is 3.70. The molecule has 72 valence electrons. The van der Waals surface area contributed by atoms with Crippen LogP contribution < -0.4 is 10.5 Å². The Labute approximate surface area is 87.6 Å². The summed E-state index contributed by atoms with van der Waals surface area (Å²) in [6.45, 7) is 2.47. The minimum absolute atomic E-state index is 0.364. The molecule has 13 heavy (non-hydrogen) atoms. The largest absolute Gasteiger partial charge is 0.492 e. The molecule has 0 saturated carbocycles. The average Bonchev–Trinajstić information content (AvgIpc) is 2.10. The van der Waals surface area contributed by atoms with Gasteiger partial charge >= 0.3 is 0 Å². The number of hydrogen-bond acceptors (Lipinski definition) is 2. The van der Waals surface area contributed by atoms with Crippen molar-refractivity contribution in [2.24, 2.45) is 0 Å². The Morgan fingerprint density at radius 1 is 1.46 bits per heavy atom. The molecule has 0 aliphatic carbocycles. The van der Waals surface area contributed by atoms with Crippen molar-refractivity contribution in [3.8, 4) is 5.75 Å². The number of halogens is 2. The Bertz CT molecular complexity index is 302. The van der Waals surface area contributed by atoms with E-state index in [9.17, 15) is 0 Å². The van der Waals surface area contributed by atoms with Crippen LogP contribution in [0.1, 0.15) is 12.5 Å². The maximum absolute atomic E-state index is 5.89. The molecule has 1 aromatic carbocycles. The van der Waals surface area contributed by atoms with Gasteiger partial charge in [0.25, 0.3) is 0 Å². The fourth-order valence-corrected chi connectivity index (χ4v) is 1.45. The molecular formula is C9H11Cl2NO. The van der Waals surface area contributed by atoms with Gasteiger partial charge in [0.15, 0.2) is 0 Å². The molecule has 0 fully saturated rings. The fourth-order valence-electron chi connectivity index (χ4n) is 0.993. The molecule has 0 bridgehead atoms. The number of alkyl halides is 1. The molecule has 0 radical (unpaired) electrons. The van der Waals surface area contributed by atoms with E-state index in [1.54, 1.807) is 12.1 Å². The van der Waals surface area contributed by atoms with Gasteiger partial charge in [-0.15, -0.1) is 11.6 Å². The number of nitrogen functional groups attached to an aromatic ring is 1. The fraction of sp³-hybridized carbons (Fsp3) is 0.333. The second-order valence-electron chi connectivity index (χ2n) is 2.55. The summed E-state index contributed by atoms with van der Waals surface area (Å²) in [5.74, 6) is 0.998. The van der Waals surface area contributed by atoms with Gasteiger partial charge in [-0.25, -0.2) is 0 Å². The predicted octanol–water partition coefficient (Wildman–Crippen LogP) is 3.06. The van der Waals surface area contributed by atoms with E-state index in [-0.39, 0.29) is 0 Å². The van der Waals surface area contributed by atoms with Crippen molar-refractivity contribution >= 4 is 28.9 Å². The lowest BCUT2D eigenvalue weighted by Gasteiger charge is -2.09. The third-order valence-corrected chi connectivity index (χ3v) is 2.22. The van der Waals surface area contributed by atoms with Crippen LogP contribution in [0.5, 0.6) is 5.75 Å². The number of nitrogens with two attached hydrogens (primary N) is 1. The minimum atomic E-state index is 0.364. The smallest absolute Gasteiger partial charge is 0.138 e. The highest BCUT2D eigenvalue weighted by Gasteiger charge is 2.06. The van der Waals surface area contributed by atoms with Gasteiger partial charge in [0.2, 0.25) is 0 Å². The van der Waals surface area contributed by atoms with Gasteiger partial charge in [-0.1, -0.05) is 11.6 Å². The first-order valence-corrected chi connectivity index (χ1v) is 4.87. The van der Waals surface area contributed by atoms with Crippen LogP contribution in [0.3, 0.4) is 0 Å². The molecule has 0 saturated heterocycles. The van der Waals surface area contributed by atoms with Crippen molar-refractivity contribution in [1.29, 1.82) is 0 Å². The second-order valence-corrected chi connectivity index (χ2v) is 3.22. The van der Waals surface area contributed by atoms with Crippen LogP contribution in [0.4, 0.5) is 5.69 Å². The van der Waals surface area contributed by atoms with Gasteiger partial charge in [-0.3, -0.25) is 0 Å². The van der Waals surface area contributed by atoms with E-state index in [0.29, 0.717) is 28.9 Å². The summed E-state index contributed by atoms with van der Waals surface area (Å²) in [5, 5.41) is 0.521. The molecule has 2 nitrogen and oxygen atoms in total. The van der Waals surface area contributed by atoms with Crippen molar-refractivity contribution in [1.82, 2.24) is 0 Å². The van der Waals surface area contributed by atoms with E-state index in [0.717, 1.165) is 5.56 Å². The Morgan fingerprint density at radius 2 is 2.15 bits per heavy atom. The second kappa shape index (κ2) is 4.58. The SMILES string of the molecule is CCOc1cc(CCl)c(N)cc1Cl. The summed E-state index contributed by atoms with van der Waals surface area (Å²) in [4.78, 5) is 0. The topological polar surface area (TPSA) is 35.2 Å². The van der Waals surface area contributed by atoms with Crippen molar-refractivity contribution in [2.75, 3.05) is 12.3 Å². The van der Waals surface area contributed by atoms with E-state index < -0.39 is 0 Å². The van der Waals surface area contributed by atoms with Gasteiger partial charge < -0.3 is 10.5 Å². The predicted molar refractivity (Wildman–Crippen MR) is 56.6 cm³/mol. The zero-order valence-electron chi connectivity index (χ0n) is 7.31. The summed E-state index contributed by atoms with van der Waals surface area (Å²) >= 11 is 11.6. The molecule has 0 aliphatic heterocycles. The number of benzene rings is 1. The number of anilines is 1. The highest BCUT2D eigenvalue weighted by atomic mass is 35.5. The standard InChI is InChI=1S/C9H11Cl2NO/c1-2-13-9-3-6(5-10)8(12)4-7(9)11/h3-4H,2,5,12H2,1H3. The zero-order chi connectivity index (χ0) is 9.84. The normalized spacial score (nSPS) is 10.1. The molecule has 0 spiro atoms. The molecule has 0 aromatic heterocycles. The van der Waals surface area contributed by atoms with Gasteiger partial charge in [-0.2, -0.15) is 0 Å². The average molecular weight is 220 g/mol. The summed E-state index contributed by atoms with van der Waals surface area (Å²) in [5.41, 5.74) is 7.12. The molecule has 2 N–H and O–H groups in total. The number of hydrogen-bond donors (Lipinski definition) is 1. The highest BCUT2D eigenvalue weighted by Crippen LogP contribution is 2.30. The zero-order valence-corrected chi connectivity index (χ0v) is 8.82. The van der Waals surface area contributed by atoms with Crippen LogP contribution >= 0.6 is 23.2 Å². The summed E-state index contributed by atoms with van der Waals surface area (Å²) in [7, 11) is 0. The van der Waals surface area contributed by atoms with Crippen molar-refractivity contribution in [3.05, 3.63) is 22.7 Å². The Balaban J connectivity index is 3.06. The maximum Gasteiger partial charge on any atom is 0.138 e. The lowest BCUT2D eigenvalue weighted by Crippen LogP contribution is -1.97. The first kappa shape index (κ1) is 10.5. The van der Waals surface area contributed by atoms with E-state index in [1.165, 1.54) is 0 Å².